The molecule has 3 nitrogen and oxygen atoms in total. The second-order valence-corrected chi connectivity index (χ2v) is 4.07. The van der Waals surface area contributed by atoms with E-state index >= 15 is 0 Å². The number of halogens is 1. The standard InChI is InChI=1S/C12H12BrNO2/c1-14-7-3-2-4-9-8-10(13)5-6-11(9)12(15)16/h5-6,8,14H,3,7H2,1H3,(H,15,16). The van der Waals surface area contributed by atoms with Gasteiger partial charge in [0.25, 0.3) is 0 Å². The number of hydrogen-bond donors (Lipinski definition) is 2. The molecule has 0 unspecified atom stereocenters. The van der Waals surface area contributed by atoms with Crippen molar-refractivity contribution in [3.05, 3.63) is 33.8 Å². The van der Waals surface area contributed by atoms with Gasteiger partial charge < -0.3 is 10.4 Å². The van der Waals surface area contributed by atoms with Crippen LogP contribution < -0.4 is 5.32 Å². The number of carboxylic acid groups (broad SMARTS) is 1. The van der Waals surface area contributed by atoms with Crippen LogP contribution in [-0.2, 0) is 0 Å². The van der Waals surface area contributed by atoms with E-state index in [1.54, 1.807) is 18.2 Å². The fraction of sp³-hybridized carbons (Fsp3) is 0.250. The monoisotopic (exact) mass is 281 g/mol. The van der Waals surface area contributed by atoms with Crippen molar-refractivity contribution in [2.24, 2.45) is 0 Å². The second kappa shape index (κ2) is 6.31. The van der Waals surface area contributed by atoms with Gasteiger partial charge in [-0.1, -0.05) is 27.8 Å². The molecule has 0 aliphatic rings. The topological polar surface area (TPSA) is 49.3 Å². The van der Waals surface area contributed by atoms with Crippen molar-refractivity contribution in [1.82, 2.24) is 5.32 Å². The number of nitrogens with one attached hydrogen (secondary N) is 1. The van der Waals surface area contributed by atoms with Gasteiger partial charge in [0.05, 0.1) is 5.56 Å². The summed E-state index contributed by atoms with van der Waals surface area (Å²) < 4.78 is 0.829. The summed E-state index contributed by atoms with van der Waals surface area (Å²) in [6.45, 7) is 0.795. The van der Waals surface area contributed by atoms with Crippen LogP contribution in [0.1, 0.15) is 22.3 Å². The van der Waals surface area contributed by atoms with Crippen molar-refractivity contribution < 1.29 is 9.90 Å². The van der Waals surface area contributed by atoms with Crippen LogP contribution >= 0.6 is 15.9 Å². The van der Waals surface area contributed by atoms with E-state index in [1.807, 2.05) is 7.05 Å². The summed E-state index contributed by atoms with van der Waals surface area (Å²) >= 11 is 3.30. The maximum Gasteiger partial charge on any atom is 0.336 e. The molecule has 1 rings (SSSR count). The van der Waals surface area contributed by atoms with E-state index in [0.29, 0.717) is 12.0 Å². The van der Waals surface area contributed by atoms with E-state index in [0.717, 1.165) is 11.0 Å². The summed E-state index contributed by atoms with van der Waals surface area (Å²) in [6.07, 6.45) is 0.697. The number of benzene rings is 1. The van der Waals surface area contributed by atoms with Crippen LogP contribution in [0, 0.1) is 11.8 Å². The molecule has 0 atom stereocenters. The van der Waals surface area contributed by atoms with Gasteiger partial charge in [-0.05, 0) is 25.2 Å². The molecule has 0 heterocycles. The Morgan fingerprint density at radius 2 is 2.31 bits per heavy atom. The van der Waals surface area contributed by atoms with Gasteiger partial charge in [0.1, 0.15) is 0 Å². The first-order valence-electron chi connectivity index (χ1n) is 4.81. The zero-order chi connectivity index (χ0) is 12.0. The first-order chi connectivity index (χ1) is 7.65. The molecule has 0 amide bonds. The Kier molecular flexibility index (Phi) is 5.03. The largest absolute Gasteiger partial charge is 0.478 e. The van der Waals surface area contributed by atoms with E-state index in [4.69, 9.17) is 5.11 Å². The van der Waals surface area contributed by atoms with Crippen molar-refractivity contribution in [3.8, 4) is 11.8 Å². The molecule has 1 aromatic carbocycles. The minimum atomic E-state index is -0.953. The molecule has 84 valence electrons. The maximum absolute atomic E-state index is 10.9. The van der Waals surface area contributed by atoms with Crippen molar-refractivity contribution in [1.29, 1.82) is 0 Å². The van der Waals surface area contributed by atoms with Crippen LogP contribution in [-0.4, -0.2) is 24.7 Å². The minimum absolute atomic E-state index is 0.236. The number of carboxylic acids is 1. The molecule has 0 aliphatic heterocycles. The van der Waals surface area contributed by atoms with Gasteiger partial charge in [-0.25, -0.2) is 4.79 Å². The number of carbonyl (C=O) groups is 1. The normalized spacial score (nSPS) is 9.38. The number of aromatic carboxylic acids is 1. The van der Waals surface area contributed by atoms with Crippen LogP contribution in [0.25, 0.3) is 0 Å². The van der Waals surface area contributed by atoms with Crippen molar-refractivity contribution >= 4 is 21.9 Å². The third kappa shape index (κ3) is 3.69. The molecule has 0 radical (unpaired) electrons. The molecule has 0 bridgehead atoms. The first-order valence-corrected chi connectivity index (χ1v) is 5.60. The van der Waals surface area contributed by atoms with Gasteiger partial charge in [-0.2, -0.15) is 0 Å². The first kappa shape index (κ1) is 12.8. The summed E-state index contributed by atoms with van der Waals surface area (Å²) in [5.41, 5.74) is 0.776. The highest BCUT2D eigenvalue weighted by Crippen LogP contribution is 2.15. The van der Waals surface area contributed by atoms with E-state index in [1.165, 1.54) is 0 Å². The Morgan fingerprint density at radius 1 is 1.56 bits per heavy atom. The quantitative estimate of drug-likeness (QED) is 0.659. The van der Waals surface area contributed by atoms with Crippen molar-refractivity contribution in [2.45, 2.75) is 6.42 Å². The van der Waals surface area contributed by atoms with Gasteiger partial charge in [-0.3, -0.25) is 0 Å². The third-order valence-electron chi connectivity index (χ3n) is 1.94. The van der Waals surface area contributed by atoms with E-state index in [9.17, 15) is 4.79 Å². The van der Waals surface area contributed by atoms with Crippen LogP contribution in [0.2, 0.25) is 0 Å². The molecule has 0 saturated heterocycles. The molecular formula is C12H12BrNO2. The van der Waals surface area contributed by atoms with E-state index in [-0.39, 0.29) is 5.56 Å². The molecule has 4 heteroatoms. The molecule has 2 N–H and O–H groups in total. The third-order valence-corrected chi connectivity index (χ3v) is 2.43. The Balaban J connectivity index is 2.95. The fourth-order valence-electron chi connectivity index (χ4n) is 1.15. The van der Waals surface area contributed by atoms with Crippen LogP contribution in [0.4, 0.5) is 0 Å². The summed E-state index contributed by atoms with van der Waals surface area (Å²) in [4.78, 5) is 10.9. The van der Waals surface area contributed by atoms with Crippen LogP contribution in [0.5, 0.6) is 0 Å². The van der Waals surface area contributed by atoms with Crippen molar-refractivity contribution in [3.63, 3.8) is 0 Å². The lowest BCUT2D eigenvalue weighted by Gasteiger charge is -1.99. The average Bonchev–Trinajstić information content (AvgIpc) is 2.24. The zero-order valence-electron chi connectivity index (χ0n) is 8.88. The van der Waals surface area contributed by atoms with Gasteiger partial charge in [-0.15, -0.1) is 0 Å². The minimum Gasteiger partial charge on any atom is -0.478 e. The highest BCUT2D eigenvalue weighted by Gasteiger charge is 2.07. The molecule has 1 aromatic rings. The average molecular weight is 282 g/mol. The predicted molar refractivity (Wildman–Crippen MR) is 66.5 cm³/mol. The van der Waals surface area contributed by atoms with E-state index in [2.05, 4.69) is 33.1 Å². The maximum atomic E-state index is 10.9. The number of rotatable bonds is 3. The van der Waals surface area contributed by atoms with E-state index < -0.39 is 5.97 Å². The summed E-state index contributed by atoms with van der Waals surface area (Å²) in [5, 5.41) is 11.9. The van der Waals surface area contributed by atoms with Gasteiger partial charge in [0, 0.05) is 23.0 Å². The van der Waals surface area contributed by atoms with Gasteiger partial charge >= 0.3 is 5.97 Å². The SMILES string of the molecule is CNCCC#Cc1cc(Br)ccc1C(=O)O. The number of hydrogen-bond acceptors (Lipinski definition) is 2. The summed E-state index contributed by atoms with van der Waals surface area (Å²) in [7, 11) is 1.85. The highest BCUT2D eigenvalue weighted by molar-refractivity contribution is 9.10. The smallest absolute Gasteiger partial charge is 0.336 e. The lowest BCUT2D eigenvalue weighted by molar-refractivity contribution is 0.0696. The second-order valence-electron chi connectivity index (χ2n) is 3.15. The Bertz CT molecular complexity index is 446. The molecular weight excluding hydrogens is 270 g/mol. The zero-order valence-corrected chi connectivity index (χ0v) is 10.5. The summed E-state index contributed by atoms with van der Waals surface area (Å²) in [6, 6.07) is 4.96. The molecule has 0 aliphatic carbocycles. The molecule has 0 aromatic heterocycles. The molecule has 0 fully saturated rings. The fourth-order valence-corrected chi connectivity index (χ4v) is 1.51. The van der Waals surface area contributed by atoms with Gasteiger partial charge in [0.15, 0.2) is 0 Å². The van der Waals surface area contributed by atoms with Crippen LogP contribution in [0.15, 0.2) is 22.7 Å². The molecule has 16 heavy (non-hydrogen) atoms. The summed E-state index contributed by atoms with van der Waals surface area (Å²) in [5.74, 6) is 4.84. The van der Waals surface area contributed by atoms with Crippen molar-refractivity contribution in [2.75, 3.05) is 13.6 Å². The molecule has 0 saturated carbocycles. The molecule has 0 spiro atoms. The van der Waals surface area contributed by atoms with Gasteiger partial charge in [0.2, 0.25) is 0 Å². The lowest BCUT2D eigenvalue weighted by atomic mass is 10.1. The highest BCUT2D eigenvalue weighted by atomic mass is 79.9. The Labute approximate surface area is 103 Å². The Hall–Kier alpha value is -1.31. The Morgan fingerprint density at radius 3 is 2.94 bits per heavy atom. The van der Waals surface area contributed by atoms with Crippen LogP contribution in [0.3, 0.4) is 0 Å². The lowest BCUT2D eigenvalue weighted by Crippen LogP contribution is -2.06. The predicted octanol–water partition coefficient (Wildman–Crippen LogP) is 2.11.